The maximum absolute atomic E-state index is 2.39. The summed E-state index contributed by atoms with van der Waals surface area (Å²) in [6.07, 6.45) is 6.00. The molecule has 2 rings (SSSR count). The van der Waals surface area contributed by atoms with Crippen molar-refractivity contribution in [2.45, 2.75) is 6.42 Å². The summed E-state index contributed by atoms with van der Waals surface area (Å²) in [4.78, 5) is 4.49. The minimum absolute atomic E-state index is 0.555. The first-order chi connectivity index (χ1) is 9.75. The molecule has 2 aliphatic carbocycles. The van der Waals surface area contributed by atoms with E-state index < -0.39 is 0 Å². The van der Waals surface area contributed by atoms with Gasteiger partial charge in [-0.3, -0.25) is 19.0 Å². The standard InChI is InChI=1S/C17H30N4/c1-18(2)16(19(3)4)14-12-9-10-13(11-12)15(14)17(20(5)6)21(7)8/h9-10,12-13H,11H2,1-8H3/q+2. The lowest BCUT2D eigenvalue weighted by Crippen LogP contribution is -2.38. The van der Waals surface area contributed by atoms with Gasteiger partial charge in [0.25, 0.3) is 11.7 Å². The van der Waals surface area contributed by atoms with Crippen molar-refractivity contribution in [3.05, 3.63) is 23.3 Å². The van der Waals surface area contributed by atoms with Crippen molar-refractivity contribution in [1.82, 2.24) is 9.80 Å². The molecule has 2 atom stereocenters. The molecular weight excluding hydrogens is 260 g/mol. The van der Waals surface area contributed by atoms with Crippen LogP contribution < -0.4 is 0 Å². The van der Waals surface area contributed by atoms with E-state index in [9.17, 15) is 0 Å². The molecule has 0 aromatic carbocycles. The van der Waals surface area contributed by atoms with Crippen molar-refractivity contribution < 1.29 is 9.15 Å². The third-order valence-electron chi connectivity index (χ3n) is 4.29. The summed E-state index contributed by atoms with van der Waals surface area (Å²) in [6.45, 7) is 0. The van der Waals surface area contributed by atoms with Gasteiger partial charge in [0.05, 0.1) is 67.5 Å². The number of hydrogen-bond acceptors (Lipinski definition) is 0. The van der Waals surface area contributed by atoms with Crippen LogP contribution in [0.2, 0.25) is 0 Å². The van der Waals surface area contributed by atoms with Gasteiger partial charge in [0.2, 0.25) is 0 Å². The van der Waals surface area contributed by atoms with Crippen LogP contribution in [-0.2, 0) is 0 Å². The number of nitrogens with zero attached hydrogens (tertiary/aromatic N) is 4. The van der Waals surface area contributed by atoms with Gasteiger partial charge in [-0.15, -0.1) is 0 Å². The van der Waals surface area contributed by atoms with E-state index in [0.29, 0.717) is 11.8 Å². The normalized spacial score (nSPS) is 22.7. The van der Waals surface area contributed by atoms with Gasteiger partial charge in [-0.2, -0.15) is 0 Å². The van der Waals surface area contributed by atoms with Gasteiger partial charge in [-0.1, -0.05) is 12.2 Å². The molecule has 21 heavy (non-hydrogen) atoms. The van der Waals surface area contributed by atoms with Gasteiger partial charge in [0.15, 0.2) is 0 Å². The highest BCUT2D eigenvalue weighted by Gasteiger charge is 2.45. The molecule has 116 valence electrons. The average Bonchev–Trinajstić information content (AvgIpc) is 2.90. The Morgan fingerprint density at radius 3 is 1.38 bits per heavy atom. The van der Waals surface area contributed by atoms with Crippen LogP contribution in [0.25, 0.3) is 0 Å². The first-order valence-corrected chi connectivity index (χ1v) is 7.62. The molecule has 2 aliphatic rings. The summed E-state index contributed by atoms with van der Waals surface area (Å²) < 4.78 is 4.49. The fraction of sp³-hybridized carbons (Fsp3) is 0.647. The second kappa shape index (κ2) is 5.66. The van der Waals surface area contributed by atoms with E-state index >= 15 is 0 Å². The van der Waals surface area contributed by atoms with E-state index in [2.05, 4.69) is 87.5 Å². The topological polar surface area (TPSA) is 12.5 Å². The number of amidine groups is 2. The zero-order valence-electron chi connectivity index (χ0n) is 14.8. The van der Waals surface area contributed by atoms with Crippen LogP contribution in [0, 0.1) is 11.8 Å². The van der Waals surface area contributed by atoms with Gasteiger partial charge in [-0.25, -0.2) is 0 Å². The van der Waals surface area contributed by atoms with Crippen molar-refractivity contribution in [3.8, 4) is 0 Å². The van der Waals surface area contributed by atoms with Gasteiger partial charge in [0, 0.05) is 11.8 Å². The SMILES string of the molecule is CN(C)C(C1=C(C(N(C)C)=[N+](C)C)C2C=CC1C2)=[N+](C)C. The Kier molecular flexibility index (Phi) is 4.26. The molecule has 0 aromatic heterocycles. The molecule has 0 saturated heterocycles. The molecule has 0 heterocycles. The maximum atomic E-state index is 2.39. The Bertz CT molecular complexity index is 505. The van der Waals surface area contributed by atoms with E-state index in [1.807, 2.05) is 0 Å². The van der Waals surface area contributed by atoms with Crippen LogP contribution in [0.15, 0.2) is 23.3 Å². The molecule has 0 saturated carbocycles. The minimum Gasteiger partial charge on any atom is -0.267 e. The minimum atomic E-state index is 0.555. The third kappa shape index (κ3) is 2.63. The maximum Gasteiger partial charge on any atom is 0.275 e. The highest BCUT2D eigenvalue weighted by molar-refractivity contribution is 6.07. The number of likely N-dealkylation sites (N-methyl/N-ethyl adjacent to an activating group) is 2. The summed E-state index contributed by atoms with van der Waals surface area (Å²) in [5.41, 5.74) is 2.99. The van der Waals surface area contributed by atoms with Crippen molar-refractivity contribution in [2.24, 2.45) is 11.8 Å². The molecule has 2 unspecified atom stereocenters. The Morgan fingerprint density at radius 2 is 1.14 bits per heavy atom. The fourth-order valence-electron chi connectivity index (χ4n) is 3.86. The predicted molar refractivity (Wildman–Crippen MR) is 89.4 cm³/mol. The Balaban J connectivity index is 2.69. The Hall–Kier alpha value is -1.58. The third-order valence-corrected chi connectivity index (χ3v) is 4.29. The summed E-state index contributed by atoms with van der Waals surface area (Å²) in [6, 6.07) is 0. The van der Waals surface area contributed by atoms with Crippen molar-refractivity contribution in [2.75, 3.05) is 56.4 Å². The largest absolute Gasteiger partial charge is 0.275 e. The molecule has 0 spiro atoms. The molecule has 0 fully saturated rings. The molecule has 4 nitrogen and oxygen atoms in total. The molecular formula is C17H30N4+2. The predicted octanol–water partition coefficient (Wildman–Crippen LogP) is 0.953. The lowest BCUT2D eigenvalue weighted by Gasteiger charge is -2.21. The number of hydrogen-bond donors (Lipinski definition) is 0. The van der Waals surface area contributed by atoms with Crippen LogP contribution in [-0.4, -0.2) is 87.0 Å². The smallest absolute Gasteiger partial charge is 0.267 e. The zero-order chi connectivity index (χ0) is 15.9. The van der Waals surface area contributed by atoms with E-state index in [1.54, 1.807) is 0 Å². The Labute approximate surface area is 129 Å². The summed E-state index contributed by atoms with van der Waals surface area (Å²) in [5, 5.41) is 0. The van der Waals surface area contributed by atoms with Crippen LogP contribution in [0.5, 0.6) is 0 Å². The van der Waals surface area contributed by atoms with Crippen molar-refractivity contribution in [1.29, 1.82) is 0 Å². The molecule has 0 aliphatic heterocycles. The second-order valence-corrected chi connectivity index (χ2v) is 6.89. The highest BCUT2D eigenvalue weighted by Crippen LogP contribution is 2.45. The van der Waals surface area contributed by atoms with Crippen LogP contribution in [0.1, 0.15) is 6.42 Å². The molecule has 4 heteroatoms. The van der Waals surface area contributed by atoms with Crippen LogP contribution in [0.4, 0.5) is 0 Å². The van der Waals surface area contributed by atoms with Gasteiger partial charge < -0.3 is 0 Å². The van der Waals surface area contributed by atoms with Gasteiger partial charge in [-0.05, 0) is 6.42 Å². The fourth-order valence-corrected chi connectivity index (χ4v) is 3.86. The quantitative estimate of drug-likeness (QED) is 0.325. The van der Waals surface area contributed by atoms with Gasteiger partial charge >= 0.3 is 0 Å². The van der Waals surface area contributed by atoms with E-state index in [-0.39, 0.29) is 0 Å². The average molecular weight is 290 g/mol. The first-order valence-electron chi connectivity index (χ1n) is 7.62. The molecule has 0 radical (unpaired) electrons. The van der Waals surface area contributed by atoms with Crippen LogP contribution >= 0.6 is 0 Å². The van der Waals surface area contributed by atoms with Crippen molar-refractivity contribution >= 4 is 11.7 Å². The Morgan fingerprint density at radius 1 is 0.810 bits per heavy atom. The summed E-state index contributed by atoms with van der Waals surface area (Å²) in [5.74, 6) is 3.76. The first kappa shape index (κ1) is 15.8. The zero-order valence-corrected chi connectivity index (χ0v) is 14.8. The number of allylic oxidation sites excluding steroid dienone is 2. The lowest BCUT2D eigenvalue weighted by atomic mass is 9.94. The van der Waals surface area contributed by atoms with Gasteiger partial charge in [0.1, 0.15) is 0 Å². The molecule has 0 N–H and O–H groups in total. The monoisotopic (exact) mass is 290 g/mol. The van der Waals surface area contributed by atoms with Crippen LogP contribution in [0.3, 0.4) is 0 Å². The molecule has 0 aromatic rings. The van der Waals surface area contributed by atoms with Crippen molar-refractivity contribution in [3.63, 3.8) is 0 Å². The highest BCUT2D eigenvalue weighted by atomic mass is 15.2. The van der Waals surface area contributed by atoms with E-state index in [1.165, 1.54) is 29.2 Å². The number of fused-ring (bicyclic) bond motifs is 2. The lowest BCUT2D eigenvalue weighted by molar-refractivity contribution is -0.470. The molecule has 2 bridgehead atoms. The summed E-state index contributed by atoms with van der Waals surface area (Å²) in [7, 11) is 17.1. The summed E-state index contributed by atoms with van der Waals surface area (Å²) >= 11 is 0. The molecule has 0 amide bonds. The van der Waals surface area contributed by atoms with E-state index in [4.69, 9.17) is 0 Å². The second-order valence-electron chi connectivity index (χ2n) is 6.89. The van der Waals surface area contributed by atoms with E-state index in [0.717, 1.165) is 0 Å². The number of rotatable bonds is 2.